The van der Waals surface area contributed by atoms with Gasteiger partial charge in [0.25, 0.3) is 0 Å². The van der Waals surface area contributed by atoms with E-state index in [9.17, 15) is 5.11 Å². The molecule has 0 bridgehead atoms. The fourth-order valence-corrected chi connectivity index (χ4v) is 2.78. The number of hydrogen-bond donors (Lipinski definition) is 1. The van der Waals surface area contributed by atoms with Gasteiger partial charge in [-0.2, -0.15) is 0 Å². The molecule has 4 nitrogen and oxygen atoms in total. The highest BCUT2D eigenvalue weighted by atomic mass is 16.5. The van der Waals surface area contributed by atoms with Crippen LogP contribution in [0.25, 0.3) is 0 Å². The standard InChI is InChI=1S/C16H25NO3/c1-13-12-16(18,8-9-17(13)2)14-6-4-5-7-15(14)20-11-10-19-3/h4-7,13,18H,8-12H2,1-3H3. The lowest BCUT2D eigenvalue weighted by Crippen LogP contribution is -2.46. The largest absolute Gasteiger partial charge is 0.491 e. The van der Waals surface area contributed by atoms with Crippen molar-refractivity contribution in [3.05, 3.63) is 29.8 Å². The topological polar surface area (TPSA) is 41.9 Å². The Kier molecular flexibility index (Phi) is 5.02. The predicted molar refractivity (Wildman–Crippen MR) is 79.0 cm³/mol. The first kappa shape index (κ1) is 15.3. The summed E-state index contributed by atoms with van der Waals surface area (Å²) in [7, 11) is 3.76. The van der Waals surface area contributed by atoms with Gasteiger partial charge in [0.05, 0.1) is 12.2 Å². The van der Waals surface area contributed by atoms with Crippen LogP contribution in [0.3, 0.4) is 0 Å². The first-order chi connectivity index (χ1) is 9.57. The number of para-hydroxylation sites is 1. The Morgan fingerprint density at radius 2 is 2.10 bits per heavy atom. The molecule has 2 atom stereocenters. The Hall–Kier alpha value is -1.10. The number of aliphatic hydroxyl groups is 1. The van der Waals surface area contributed by atoms with Crippen molar-refractivity contribution in [3.63, 3.8) is 0 Å². The van der Waals surface area contributed by atoms with Crippen molar-refractivity contribution in [2.45, 2.75) is 31.4 Å². The minimum absolute atomic E-state index is 0.362. The maximum absolute atomic E-state index is 11.0. The van der Waals surface area contributed by atoms with Crippen molar-refractivity contribution < 1.29 is 14.6 Å². The second-order valence-corrected chi connectivity index (χ2v) is 5.65. The lowest BCUT2D eigenvalue weighted by atomic mass is 9.81. The highest BCUT2D eigenvalue weighted by Crippen LogP contribution is 2.39. The van der Waals surface area contributed by atoms with Crippen LogP contribution < -0.4 is 4.74 Å². The van der Waals surface area contributed by atoms with Crippen molar-refractivity contribution in [2.75, 3.05) is 33.9 Å². The van der Waals surface area contributed by atoms with E-state index in [4.69, 9.17) is 9.47 Å². The normalized spacial score (nSPS) is 27.5. The fourth-order valence-electron chi connectivity index (χ4n) is 2.78. The molecule has 1 fully saturated rings. The molecule has 1 N–H and O–H groups in total. The molecule has 0 radical (unpaired) electrons. The summed E-state index contributed by atoms with van der Waals surface area (Å²) < 4.78 is 10.8. The van der Waals surface area contributed by atoms with Gasteiger partial charge < -0.3 is 19.5 Å². The molecular formula is C16H25NO3. The van der Waals surface area contributed by atoms with Gasteiger partial charge in [-0.3, -0.25) is 0 Å². The number of methoxy groups -OCH3 is 1. The van der Waals surface area contributed by atoms with E-state index in [1.54, 1.807) is 7.11 Å². The van der Waals surface area contributed by atoms with Crippen molar-refractivity contribution >= 4 is 0 Å². The van der Waals surface area contributed by atoms with Gasteiger partial charge in [0.15, 0.2) is 0 Å². The average Bonchev–Trinajstić information content (AvgIpc) is 2.44. The van der Waals surface area contributed by atoms with Gasteiger partial charge in [-0.05, 0) is 32.9 Å². The van der Waals surface area contributed by atoms with Crippen LogP contribution in [0.5, 0.6) is 5.75 Å². The molecule has 1 aromatic carbocycles. The Morgan fingerprint density at radius 1 is 1.35 bits per heavy atom. The molecule has 112 valence electrons. The van der Waals surface area contributed by atoms with Crippen molar-refractivity contribution in [3.8, 4) is 5.75 Å². The number of hydrogen-bond acceptors (Lipinski definition) is 4. The summed E-state index contributed by atoms with van der Waals surface area (Å²) in [5.74, 6) is 0.767. The van der Waals surface area contributed by atoms with E-state index in [1.165, 1.54) is 0 Å². The van der Waals surface area contributed by atoms with E-state index in [2.05, 4.69) is 18.9 Å². The Labute approximate surface area is 121 Å². The number of nitrogens with zero attached hydrogens (tertiary/aromatic N) is 1. The maximum Gasteiger partial charge on any atom is 0.125 e. The summed E-state index contributed by atoms with van der Waals surface area (Å²) >= 11 is 0. The minimum atomic E-state index is -0.796. The van der Waals surface area contributed by atoms with Crippen LogP contribution in [0.1, 0.15) is 25.3 Å². The molecule has 0 amide bonds. The number of likely N-dealkylation sites (tertiary alicyclic amines) is 1. The van der Waals surface area contributed by atoms with Gasteiger partial charge >= 0.3 is 0 Å². The maximum atomic E-state index is 11.0. The van der Waals surface area contributed by atoms with Crippen LogP contribution in [0.15, 0.2) is 24.3 Å². The van der Waals surface area contributed by atoms with Crippen LogP contribution in [0.2, 0.25) is 0 Å². The molecular weight excluding hydrogens is 254 g/mol. The summed E-state index contributed by atoms with van der Waals surface area (Å²) in [6, 6.07) is 8.15. The minimum Gasteiger partial charge on any atom is -0.491 e. The van der Waals surface area contributed by atoms with E-state index in [0.29, 0.717) is 19.3 Å². The lowest BCUT2D eigenvalue weighted by Gasteiger charge is -2.41. The van der Waals surface area contributed by atoms with Crippen molar-refractivity contribution in [1.82, 2.24) is 4.90 Å². The second-order valence-electron chi connectivity index (χ2n) is 5.65. The third-order valence-corrected chi connectivity index (χ3v) is 4.20. The Morgan fingerprint density at radius 3 is 2.80 bits per heavy atom. The van der Waals surface area contributed by atoms with E-state index in [1.807, 2.05) is 24.3 Å². The molecule has 1 aromatic rings. The summed E-state index contributed by atoms with van der Waals surface area (Å²) in [6.45, 7) is 4.09. The Bertz CT molecular complexity index is 437. The summed E-state index contributed by atoms with van der Waals surface area (Å²) in [5, 5.41) is 11.0. The lowest BCUT2D eigenvalue weighted by molar-refractivity contribution is -0.0427. The molecule has 0 aliphatic carbocycles. The summed E-state index contributed by atoms with van der Waals surface area (Å²) in [6.07, 6.45) is 1.46. The Balaban J connectivity index is 2.18. The van der Waals surface area contributed by atoms with Crippen LogP contribution in [-0.2, 0) is 10.3 Å². The molecule has 1 aliphatic rings. The molecule has 2 rings (SSSR count). The monoisotopic (exact) mass is 279 g/mol. The van der Waals surface area contributed by atoms with Crippen molar-refractivity contribution in [2.24, 2.45) is 0 Å². The first-order valence-corrected chi connectivity index (χ1v) is 7.21. The van der Waals surface area contributed by atoms with E-state index in [0.717, 1.165) is 30.7 Å². The zero-order valence-electron chi connectivity index (χ0n) is 12.6. The summed E-state index contributed by atoms with van der Waals surface area (Å²) in [4.78, 5) is 2.28. The molecule has 0 aromatic heterocycles. The van der Waals surface area contributed by atoms with Crippen LogP contribution in [0.4, 0.5) is 0 Å². The van der Waals surface area contributed by atoms with Crippen LogP contribution in [-0.4, -0.2) is 50.0 Å². The van der Waals surface area contributed by atoms with Gasteiger partial charge in [-0.25, -0.2) is 0 Å². The second kappa shape index (κ2) is 6.57. The first-order valence-electron chi connectivity index (χ1n) is 7.21. The molecule has 4 heteroatoms. The van der Waals surface area contributed by atoms with Gasteiger partial charge in [0.1, 0.15) is 12.4 Å². The quantitative estimate of drug-likeness (QED) is 0.837. The summed E-state index contributed by atoms with van der Waals surface area (Å²) in [5.41, 5.74) is 0.103. The number of piperidine rings is 1. The molecule has 1 saturated heterocycles. The van der Waals surface area contributed by atoms with E-state index < -0.39 is 5.60 Å². The average molecular weight is 279 g/mol. The third kappa shape index (κ3) is 3.32. The zero-order chi connectivity index (χ0) is 14.6. The van der Waals surface area contributed by atoms with Crippen LogP contribution >= 0.6 is 0 Å². The molecule has 1 aliphatic heterocycles. The van der Waals surface area contributed by atoms with E-state index in [-0.39, 0.29) is 0 Å². The fraction of sp³-hybridized carbons (Fsp3) is 0.625. The highest BCUT2D eigenvalue weighted by Gasteiger charge is 2.38. The number of rotatable bonds is 5. The number of benzene rings is 1. The predicted octanol–water partition coefficient (Wildman–Crippen LogP) is 2.01. The number of ether oxygens (including phenoxy) is 2. The van der Waals surface area contributed by atoms with Gasteiger partial charge in [0.2, 0.25) is 0 Å². The molecule has 1 heterocycles. The van der Waals surface area contributed by atoms with Gasteiger partial charge in [-0.15, -0.1) is 0 Å². The molecule has 0 saturated carbocycles. The highest BCUT2D eigenvalue weighted by molar-refractivity contribution is 5.38. The molecule has 20 heavy (non-hydrogen) atoms. The smallest absolute Gasteiger partial charge is 0.125 e. The molecule has 0 spiro atoms. The zero-order valence-corrected chi connectivity index (χ0v) is 12.6. The molecule has 2 unspecified atom stereocenters. The van der Waals surface area contributed by atoms with Crippen molar-refractivity contribution in [1.29, 1.82) is 0 Å². The van der Waals surface area contributed by atoms with Gasteiger partial charge in [-0.1, -0.05) is 18.2 Å². The van der Waals surface area contributed by atoms with Gasteiger partial charge in [0, 0.05) is 25.3 Å². The van der Waals surface area contributed by atoms with E-state index >= 15 is 0 Å². The van der Waals surface area contributed by atoms with Crippen LogP contribution in [0, 0.1) is 0 Å². The SMILES string of the molecule is COCCOc1ccccc1C1(O)CCN(C)C(C)C1. The third-order valence-electron chi connectivity index (χ3n) is 4.20.